The van der Waals surface area contributed by atoms with Crippen LogP contribution in [0.2, 0.25) is 0 Å². The molecule has 0 saturated carbocycles. The molecule has 0 atom stereocenters. The van der Waals surface area contributed by atoms with E-state index in [1.54, 1.807) is 0 Å². The van der Waals surface area contributed by atoms with Crippen molar-refractivity contribution in [2.75, 3.05) is 13.1 Å². The minimum Gasteiger partial charge on any atom is -0.316 e. The van der Waals surface area contributed by atoms with Gasteiger partial charge in [0.15, 0.2) is 0 Å². The van der Waals surface area contributed by atoms with Crippen LogP contribution in [0, 0.1) is 5.92 Å². The van der Waals surface area contributed by atoms with Crippen LogP contribution in [-0.4, -0.2) is 22.9 Å². The van der Waals surface area contributed by atoms with Crippen LogP contribution >= 0.6 is 0 Å². The number of aryl methyl sites for hydroxylation is 1. The molecule has 0 saturated heterocycles. The summed E-state index contributed by atoms with van der Waals surface area (Å²) in [5.41, 5.74) is 2.55. The lowest BCUT2D eigenvalue weighted by atomic mass is 10.1. The normalized spacial score (nSPS) is 12.4. The van der Waals surface area contributed by atoms with Gasteiger partial charge in [-0.2, -0.15) is 5.10 Å². The minimum atomic E-state index is 0.725. The number of hydrogen-bond acceptors (Lipinski definition) is 2. The molecule has 0 radical (unpaired) electrons. The van der Waals surface area contributed by atoms with Crippen molar-refractivity contribution < 1.29 is 0 Å². The van der Waals surface area contributed by atoms with Crippen molar-refractivity contribution in [1.82, 2.24) is 15.1 Å². The Kier molecular flexibility index (Phi) is 5.98. The number of hydrogen-bond donors (Lipinski definition) is 1. The zero-order valence-corrected chi connectivity index (χ0v) is 11.5. The van der Waals surface area contributed by atoms with Gasteiger partial charge in [0.05, 0.1) is 6.20 Å². The van der Waals surface area contributed by atoms with Crippen LogP contribution < -0.4 is 5.32 Å². The van der Waals surface area contributed by atoms with E-state index in [1.807, 2.05) is 10.9 Å². The molecule has 3 nitrogen and oxygen atoms in total. The van der Waals surface area contributed by atoms with Crippen molar-refractivity contribution in [3.05, 3.63) is 24.0 Å². The lowest BCUT2D eigenvalue weighted by molar-refractivity contribution is 0.557. The van der Waals surface area contributed by atoms with Crippen LogP contribution in [0.1, 0.15) is 39.7 Å². The Balaban J connectivity index is 2.33. The molecule has 0 spiro atoms. The molecule has 96 valence electrons. The molecule has 0 amide bonds. The zero-order chi connectivity index (χ0) is 12.7. The molecule has 1 aromatic heterocycles. The molecule has 0 aromatic carbocycles. The Morgan fingerprint density at radius 2 is 2.29 bits per heavy atom. The van der Waals surface area contributed by atoms with Gasteiger partial charge in [-0.05, 0) is 44.8 Å². The minimum absolute atomic E-state index is 0.725. The van der Waals surface area contributed by atoms with Gasteiger partial charge >= 0.3 is 0 Å². The Morgan fingerprint density at radius 1 is 1.53 bits per heavy atom. The standard InChI is InChI=1S/C14H25N3/c1-5-17-11-14(10-16-17)13(4)7-6-8-15-9-12(2)3/h7,10-12,15H,5-6,8-9H2,1-4H3. The van der Waals surface area contributed by atoms with Crippen molar-refractivity contribution in [2.24, 2.45) is 5.92 Å². The summed E-state index contributed by atoms with van der Waals surface area (Å²) in [5, 5.41) is 7.73. The molecule has 3 heteroatoms. The molecule has 1 heterocycles. The van der Waals surface area contributed by atoms with Crippen LogP contribution in [0.5, 0.6) is 0 Å². The molecule has 0 fully saturated rings. The Morgan fingerprint density at radius 3 is 2.88 bits per heavy atom. The summed E-state index contributed by atoms with van der Waals surface area (Å²) in [7, 11) is 0. The monoisotopic (exact) mass is 235 g/mol. The Hall–Kier alpha value is -1.09. The molecule has 1 rings (SSSR count). The van der Waals surface area contributed by atoms with Crippen molar-refractivity contribution in [2.45, 2.75) is 40.7 Å². The third kappa shape index (κ3) is 5.18. The SMILES string of the molecule is CCn1cc(C(C)=CCCNCC(C)C)cn1. The second kappa shape index (κ2) is 7.28. The summed E-state index contributed by atoms with van der Waals surface area (Å²) in [6, 6.07) is 0. The van der Waals surface area contributed by atoms with Crippen molar-refractivity contribution in [3.8, 4) is 0 Å². The smallest absolute Gasteiger partial charge is 0.0564 e. The molecule has 17 heavy (non-hydrogen) atoms. The van der Waals surface area contributed by atoms with Crippen molar-refractivity contribution >= 4 is 5.57 Å². The van der Waals surface area contributed by atoms with Crippen LogP contribution in [0.3, 0.4) is 0 Å². The fraction of sp³-hybridized carbons (Fsp3) is 0.643. The molecule has 1 N–H and O–H groups in total. The first-order chi connectivity index (χ1) is 8.13. The number of nitrogens with one attached hydrogen (secondary N) is 1. The summed E-state index contributed by atoms with van der Waals surface area (Å²) in [6.07, 6.45) is 7.41. The fourth-order valence-electron chi connectivity index (χ4n) is 1.64. The summed E-state index contributed by atoms with van der Waals surface area (Å²) in [5.74, 6) is 0.725. The second-order valence-electron chi connectivity index (χ2n) is 4.86. The quantitative estimate of drug-likeness (QED) is 0.736. The number of aromatic nitrogens is 2. The van der Waals surface area contributed by atoms with E-state index < -0.39 is 0 Å². The second-order valence-corrected chi connectivity index (χ2v) is 4.86. The van der Waals surface area contributed by atoms with Gasteiger partial charge in [0.25, 0.3) is 0 Å². The molecule has 1 aromatic rings. The van der Waals surface area contributed by atoms with Gasteiger partial charge in [0, 0.05) is 18.3 Å². The summed E-state index contributed by atoms with van der Waals surface area (Å²) < 4.78 is 1.96. The molecule has 0 bridgehead atoms. The van der Waals surface area contributed by atoms with Gasteiger partial charge in [-0.1, -0.05) is 19.9 Å². The number of nitrogens with zero attached hydrogens (tertiary/aromatic N) is 2. The third-order valence-electron chi connectivity index (χ3n) is 2.74. The highest BCUT2D eigenvalue weighted by Crippen LogP contribution is 2.12. The van der Waals surface area contributed by atoms with Gasteiger partial charge < -0.3 is 5.32 Å². The largest absolute Gasteiger partial charge is 0.316 e. The van der Waals surface area contributed by atoms with Gasteiger partial charge in [-0.3, -0.25) is 4.68 Å². The predicted molar refractivity (Wildman–Crippen MR) is 73.9 cm³/mol. The highest BCUT2D eigenvalue weighted by molar-refractivity contribution is 5.62. The van der Waals surface area contributed by atoms with Crippen LogP contribution in [-0.2, 0) is 6.54 Å². The van der Waals surface area contributed by atoms with Gasteiger partial charge in [-0.15, -0.1) is 0 Å². The first-order valence-corrected chi connectivity index (χ1v) is 6.53. The lowest BCUT2D eigenvalue weighted by Crippen LogP contribution is -2.20. The molecule has 0 unspecified atom stereocenters. The maximum absolute atomic E-state index is 4.28. The van der Waals surface area contributed by atoms with E-state index in [2.05, 4.69) is 50.4 Å². The topological polar surface area (TPSA) is 29.9 Å². The van der Waals surface area contributed by atoms with E-state index >= 15 is 0 Å². The summed E-state index contributed by atoms with van der Waals surface area (Å²) in [4.78, 5) is 0. The van der Waals surface area contributed by atoms with Crippen LogP contribution in [0.15, 0.2) is 18.5 Å². The average molecular weight is 235 g/mol. The van der Waals surface area contributed by atoms with Crippen LogP contribution in [0.25, 0.3) is 5.57 Å². The fourth-order valence-corrected chi connectivity index (χ4v) is 1.64. The maximum Gasteiger partial charge on any atom is 0.0564 e. The highest BCUT2D eigenvalue weighted by Gasteiger charge is 1.99. The number of allylic oxidation sites excluding steroid dienone is 1. The maximum atomic E-state index is 4.28. The summed E-state index contributed by atoms with van der Waals surface area (Å²) in [6.45, 7) is 11.8. The zero-order valence-electron chi connectivity index (χ0n) is 11.5. The van der Waals surface area contributed by atoms with E-state index in [4.69, 9.17) is 0 Å². The molecular weight excluding hydrogens is 210 g/mol. The van der Waals surface area contributed by atoms with Gasteiger partial charge in [-0.25, -0.2) is 0 Å². The molecular formula is C14H25N3. The first-order valence-electron chi connectivity index (χ1n) is 6.53. The summed E-state index contributed by atoms with van der Waals surface area (Å²) >= 11 is 0. The van der Waals surface area contributed by atoms with E-state index in [1.165, 1.54) is 11.1 Å². The lowest BCUT2D eigenvalue weighted by Gasteiger charge is -2.05. The van der Waals surface area contributed by atoms with E-state index in [9.17, 15) is 0 Å². The van der Waals surface area contributed by atoms with E-state index in [0.29, 0.717) is 0 Å². The van der Waals surface area contributed by atoms with Crippen LogP contribution in [0.4, 0.5) is 0 Å². The first kappa shape index (κ1) is 14.0. The van der Waals surface area contributed by atoms with Gasteiger partial charge in [0.1, 0.15) is 0 Å². The number of rotatable bonds is 7. The molecule has 0 aliphatic heterocycles. The third-order valence-corrected chi connectivity index (χ3v) is 2.74. The highest BCUT2D eigenvalue weighted by atomic mass is 15.3. The van der Waals surface area contributed by atoms with Gasteiger partial charge in [0.2, 0.25) is 0 Å². The Labute approximate surface area is 105 Å². The molecule has 0 aliphatic carbocycles. The average Bonchev–Trinajstić information content (AvgIpc) is 2.76. The van der Waals surface area contributed by atoms with E-state index in [0.717, 1.165) is 32.0 Å². The molecule has 0 aliphatic rings. The van der Waals surface area contributed by atoms with E-state index in [-0.39, 0.29) is 0 Å². The van der Waals surface area contributed by atoms with Crippen molar-refractivity contribution in [1.29, 1.82) is 0 Å². The Bertz CT molecular complexity index is 350. The predicted octanol–water partition coefficient (Wildman–Crippen LogP) is 2.94. The van der Waals surface area contributed by atoms with Crippen molar-refractivity contribution in [3.63, 3.8) is 0 Å².